The summed E-state index contributed by atoms with van der Waals surface area (Å²) in [6.07, 6.45) is -0.327. The normalized spacial score (nSPS) is 11.9. The zero-order chi connectivity index (χ0) is 9.35. The van der Waals surface area contributed by atoms with Gasteiger partial charge in [-0.15, -0.1) is 11.3 Å². The molecule has 0 spiro atoms. The van der Waals surface area contributed by atoms with Crippen molar-refractivity contribution in [3.8, 4) is 0 Å². The molecule has 0 atom stereocenters. The standard InChI is InChI=1S/C5H9N2O3PS/c1-3-4(2-11(8,9)10)7-5(6)12-3/h2H2,1H3,(H2,6,7)(H2,8,9,10). The van der Waals surface area contributed by atoms with Crippen molar-refractivity contribution in [1.29, 1.82) is 0 Å². The Kier molecular flexibility index (Phi) is 2.53. The molecule has 0 aromatic carbocycles. The average molecular weight is 208 g/mol. The summed E-state index contributed by atoms with van der Waals surface area (Å²) in [6.45, 7) is 1.74. The van der Waals surface area contributed by atoms with Crippen molar-refractivity contribution in [2.24, 2.45) is 0 Å². The lowest BCUT2D eigenvalue weighted by atomic mass is 10.4. The van der Waals surface area contributed by atoms with Crippen LogP contribution in [0.2, 0.25) is 0 Å². The van der Waals surface area contributed by atoms with E-state index in [1.54, 1.807) is 6.92 Å². The van der Waals surface area contributed by atoms with Crippen LogP contribution in [0.3, 0.4) is 0 Å². The molecule has 0 saturated carbocycles. The van der Waals surface area contributed by atoms with Crippen molar-refractivity contribution in [3.63, 3.8) is 0 Å². The second-order valence-electron chi connectivity index (χ2n) is 2.38. The molecule has 12 heavy (non-hydrogen) atoms. The SMILES string of the molecule is Cc1sc(N)nc1CP(=O)(O)O. The van der Waals surface area contributed by atoms with Gasteiger partial charge in [0.1, 0.15) is 0 Å². The highest BCUT2D eigenvalue weighted by Gasteiger charge is 2.18. The van der Waals surface area contributed by atoms with Gasteiger partial charge in [0.15, 0.2) is 5.13 Å². The summed E-state index contributed by atoms with van der Waals surface area (Å²) < 4.78 is 10.6. The van der Waals surface area contributed by atoms with E-state index in [-0.39, 0.29) is 6.16 Å². The largest absolute Gasteiger partial charge is 0.375 e. The number of hydrogen-bond acceptors (Lipinski definition) is 4. The molecule has 1 aromatic heterocycles. The Bertz CT molecular complexity index is 331. The first kappa shape index (κ1) is 9.67. The molecule has 7 heteroatoms. The summed E-state index contributed by atoms with van der Waals surface area (Å²) in [5, 5.41) is 0.343. The molecule has 0 bridgehead atoms. The summed E-state index contributed by atoms with van der Waals surface area (Å²) in [7, 11) is -4.01. The number of rotatable bonds is 2. The first-order valence-electron chi connectivity index (χ1n) is 3.15. The number of thiazole rings is 1. The maximum absolute atomic E-state index is 10.6. The van der Waals surface area contributed by atoms with Gasteiger partial charge < -0.3 is 15.5 Å². The smallest absolute Gasteiger partial charge is 0.331 e. The Labute approximate surface area is 73.4 Å². The van der Waals surface area contributed by atoms with Crippen LogP contribution < -0.4 is 5.73 Å². The predicted octanol–water partition coefficient (Wildman–Crippen LogP) is 0.711. The highest BCUT2D eigenvalue weighted by Crippen LogP contribution is 2.40. The van der Waals surface area contributed by atoms with Crippen LogP contribution in [0.15, 0.2) is 0 Å². The van der Waals surface area contributed by atoms with Crippen molar-refractivity contribution >= 4 is 24.1 Å². The van der Waals surface area contributed by atoms with Gasteiger partial charge in [-0.1, -0.05) is 0 Å². The second kappa shape index (κ2) is 3.14. The van der Waals surface area contributed by atoms with Gasteiger partial charge >= 0.3 is 7.60 Å². The summed E-state index contributed by atoms with van der Waals surface area (Å²) >= 11 is 1.23. The van der Waals surface area contributed by atoms with Crippen molar-refractivity contribution in [2.45, 2.75) is 13.1 Å². The number of nitrogen functional groups attached to an aromatic ring is 1. The van der Waals surface area contributed by atoms with Gasteiger partial charge in [0.2, 0.25) is 0 Å². The lowest BCUT2D eigenvalue weighted by molar-refractivity contribution is 0.371. The summed E-state index contributed by atoms with van der Waals surface area (Å²) in [5.74, 6) is 0. The third kappa shape index (κ3) is 2.57. The topological polar surface area (TPSA) is 96.4 Å². The minimum atomic E-state index is -4.01. The molecular formula is C5H9N2O3PS. The Morgan fingerprint density at radius 1 is 1.67 bits per heavy atom. The van der Waals surface area contributed by atoms with E-state index in [0.717, 1.165) is 4.88 Å². The molecule has 1 aromatic rings. The van der Waals surface area contributed by atoms with Crippen LogP contribution in [-0.4, -0.2) is 14.8 Å². The first-order chi connectivity index (χ1) is 5.38. The van der Waals surface area contributed by atoms with Crippen molar-refractivity contribution < 1.29 is 14.4 Å². The molecule has 0 aliphatic heterocycles. The third-order valence-electron chi connectivity index (χ3n) is 1.26. The molecular weight excluding hydrogens is 199 g/mol. The number of aromatic nitrogens is 1. The van der Waals surface area contributed by atoms with Crippen LogP contribution in [0.1, 0.15) is 10.6 Å². The Morgan fingerprint density at radius 2 is 2.25 bits per heavy atom. The number of anilines is 1. The van der Waals surface area contributed by atoms with Gasteiger partial charge in [-0.05, 0) is 6.92 Å². The maximum atomic E-state index is 10.6. The fraction of sp³-hybridized carbons (Fsp3) is 0.400. The van der Waals surface area contributed by atoms with Crippen molar-refractivity contribution in [2.75, 3.05) is 5.73 Å². The number of hydrogen-bond donors (Lipinski definition) is 3. The van der Waals surface area contributed by atoms with Gasteiger partial charge in [0.05, 0.1) is 11.9 Å². The van der Waals surface area contributed by atoms with Crippen LogP contribution in [0.5, 0.6) is 0 Å². The minimum absolute atomic E-state index is 0.327. The number of aryl methyl sites for hydroxylation is 1. The molecule has 1 heterocycles. The molecule has 5 nitrogen and oxygen atoms in total. The van der Waals surface area contributed by atoms with E-state index in [2.05, 4.69) is 4.98 Å². The molecule has 1 rings (SSSR count). The van der Waals surface area contributed by atoms with Crippen LogP contribution >= 0.6 is 18.9 Å². The maximum Gasteiger partial charge on any atom is 0.331 e. The molecule has 0 radical (unpaired) electrons. The van der Waals surface area contributed by atoms with Crippen LogP contribution in [0, 0.1) is 6.92 Å². The zero-order valence-electron chi connectivity index (χ0n) is 6.39. The minimum Gasteiger partial charge on any atom is -0.375 e. The first-order valence-corrected chi connectivity index (χ1v) is 5.76. The predicted molar refractivity (Wildman–Crippen MR) is 47.0 cm³/mol. The Morgan fingerprint density at radius 3 is 2.58 bits per heavy atom. The monoisotopic (exact) mass is 208 g/mol. The van der Waals surface area contributed by atoms with E-state index in [1.165, 1.54) is 11.3 Å². The zero-order valence-corrected chi connectivity index (χ0v) is 8.10. The molecule has 0 aliphatic rings. The van der Waals surface area contributed by atoms with Gasteiger partial charge in [0.25, 0.3) is 0 Å². The van der Waals surface area contributed by atoms with E-state index >= 15 is 0 Å². The fourth-order valence-corrected chi connectivity index (χ4v) is 2.30. The molecule has 4 N–H and O–H groups in total. The molecule has 0 saturated heterocycles. The van der Waals surface area contributed by atoms with Crippen molar-refractivity contribution in [1.82, 2.24) is 4.98 Å². The van der Waals surface area contributed by atoms with Gasteiger partial charge in [-0.3, -0.25) is 4.57 Å². The van der Waals surface area contributed by atoms with Crippen LogP contribution in [0.4, 0.5) is 5.13 Å². The van der Waals surface area contributed by atoms with Crippen molar-refractivity contribution in [3.05, 3.63) is 10.6 Å². The summed E-state index contributed by atoms with van der Waals surface area (Å²) in [4.78, 5) is 21.8. The lowest BCUT2D eigenvalue weighted by Gasteiger charge is -2.00. The lowest BCUT2D eigenvalue weighted by Crippen LogP contribution is -1.90. The Balaban J connectivity index is 2.90. The van der Waals surface area contributed by atoms with Gasteiger partial charge in [-0.25, -0.2) is 4.98 Å². The van der Waals surface area contributed by atoms with Gasteiger partial charge in [-0.2, -0.15) is 0 Å². The van der Waals surface area contributed by atoms with E-state index in [9.17, 15) is 4.57 Å². The highest BCUT2D eigenvalue weighted by molar-refractivity contribution is 7.50. The van der Waals surface area contributed by atoms with E-state index in [1.807, 2.05) is 0 Å². The molecule has 68 valence electrons. The second-order valence-corrected chi connectivity index (χ2v) is 5.26. The Hall–Kier alpha value is -0.420. The van der Waals surface area contributed by atoms with E-state index in [0.29, 0.717) is 10.8 Å². The van der Waals surface area contributed by atoms with E-state index in [4.69, 9.17) is 15.5 Å². The highest BCUT2D eigenvalue weighted by atomic mass is 32.1. The summed E-state index contributed by atoms with van der Waals surface area (Å²) in [5.41, 5.74) is 5.75. The fourth-order valence-electron chi connectivity index (χ4n) is 0.792. The molecule has 0 fully saturated rings. The number of nitrogens with two attached hydrogens (primary N) is 1. The van der Waals surface area contributed by atoms with Crippen LogP contribution in [-0.2, 0) is 10.7 Å². The van der Waals surface area contributed by atoms with E-state index < -0.39 is 7.60 Å². The van der Waals surface area contributed by atoms with Gasteiger partial charge in [0, 0.05) is 4.88 Å². The average Bonchev–Trinajstić information content (AvgIpc) is 2.06. The quantitative estimate of drug-likeness (QED) is 0.622. The van der Waals surface area contributed by atoms with Crippen LogP contribution in [0.25, 0.3) is 0 Å². The summed E-state index contributed by atoms with van der Waals surface area (Å²) in [6, 6.07) is 0. The third-order valence-corrected chi connectivity index (χ3v) is 2.82. The molecule has 0 aliphatic carbocycles. The number of nitrogens with zero attached hydrogens (tertiary/aromatic N) is 1. The molecule has 0 amide bonds. The molecule has 0 unspecified atom stereocenters.